The summed E-state index contributed by atoms with van der Waals surface area (Å²) in [4.78, 5) is 12.1. The molecule has 2 rings (SSSR count). The van der Waals surface area contributed by atoms with Gasteiger partial charge in [0.25, 0.3) is 5.91 Å². The van der Waals surface area contributed by atoms with E-state index >= 15 is 0 Å². The molecule has 94 valence electrons. The third-order valence-electron chi connectivity index (χ3n) is 2.75. The highest BCUT2D eigenvalue weighted by Crippen LogP contribution is 2.32. The Hall–Kier alpha value is 0.0900. The number of halogens is 2. The van der Waals surface area contributed by atoms with Crippen LogP contribution in [0.4, 0.5) is 0 Å². The maximum atomic E-state index is 12.1. The van der Waals surface area contributed by atoms with Crippen molar-refractivity contribution in [3.05, 3.63) is 19.2 Å². The molecule has 1 unspecified atom stereocenters. The van der Waals surface area contributed by atoms with Gasteiger partial charge in [0.05, 0.1) is 25.3 Å². The largest absolute Gasteiger partial charge is 0.379 e. The molecule has 17 heavy (non-hydrogen) atoms. The van der Waals surface area contributed by atoms with Gasteiger partial charge in [-0.3, -0.25) is 4.79 Å². The molecule has 6 heteroatoms. The summed E-state index contributed by atoms with van der Waals surface area (Å²) in [7, 11) is 0. The molecule has 1 aromatic heterocycles. The standard InChI is InChI=1S/C11H13Br2NO2S/c1-11(3-2-4-16-6-11)14-10(15)7-5-8(12)17-9(7)13/h5H,2-4,6H2,1H3,(H,14,15). The van der Waals surface area contributed by atoms with Crippen LogP contribution in [-0.4, -0.2) is 24.7 Å². The van der Waals surface area contributed by atoms with Crippen LogP contribution in [0, 0.1) is 0 Å². The molecule has 3 nitrogen and oxygen atoms in total. The van der Waals surface area contributed by atoms with Gasteiger partial charge in [-0.1, -0.05) is 0 Å². The molecule has 2 heterocycles. The Morgan fingerprint density at radius 2 is 2.35 bits per heavy atom. The fourth-order valence-corrected chi connectivity index (χ4v) is 4.66. The molecule has 1 fully saturated rings. The van der Waals surface area contributed by atoms with Crippen LogP contribution in [0.15, 0.2) is 13.6 Å². The van der Waals surface area contributed by atoms with Crippen molar-refractivity contribution in [2.45, 2.75) is 25.3 Å². The van der Waals surface area contributed by atoms with Crippen LogP contribution in [0.25, 0.3) is 0 Å². The molecule has 1 atom stereocenters. The number of nitrogens with one attached hydrogen (secondary N) is 1. The van der Waals surface area contributed by atoms with Crippen molar-refractivity contribution in [3.8, 4) is 0 Å². The van der Waals surface area contributed by atoms with Crippen molar-refractivity contribution in [2.24, 2.45) is 0 Å². The summed E-state index contributed by atoms with van der Waals surface area (Å²) in [6.45, 7) is 3.40. The Kier molecular flexibility index (Phi) is 4.28. The van der Waals surface area contributed by atoms with Crippen molar-refractivity contribution in [3.63, 3.8) is 0 Å². The number of carbonyl (C=O) groups excluding carboxylic acids is 1. The molecular weight excluding hydrogens is 370 g/mol. The summed E-state index contributed by atoms with van der Waals surface area (Å²) < 4.78 is 7.22. The summed E-state index contributed by atoms with van der Waals surface area (Å²) in [5.41, 5.74) is 0.428. The van der Waals surface area contributed by atoms with Crippen LogP contribution < -0.4 is 5.32 Å². The molecule has 1 aliphatic heterocycles. The zero-order chi connectivity index (χ0) is 12.5. The minimum Gasteiger partial charge on any atom is -0.379 e. The molecule has 1 aliphatic rings. The molecule has 0 saturated carbocycles. The molecule has 0 bridgehead atoms. The highest BCUT2D eigenvalue weighted by Gasteiger charge is 2.30. The molecule has 0 spiro atoms. The normalized spacial score (nSPS) is 24.6. The number of thiophene rings is 1. The molecule has 0 radical (unpaired) electrons. The lowest BCUT2D eigenvalue weighted by Crippen LogP contribution is -2.51. The quantitative estimate of drug-likeness (QED) is 0.848. The number of hydrogen-bond donors (Lipinski definition) is 1. The van der Waals surface area contributed by atoms with E-state index in [2.05, 4.69) is 37.2 Å². The first-order valence-electron chi connectivity index (χ1n) is 5.35. The smallest absolute Gasteiger partial charge is 0.253 e. The third-order valence-corrected chi connectivity index (χ3v) is 5.09. The molecule has 0 aromatic carbocycles. The molecular formula is C11H13Br2NO2S. The van der Waals surface area contributed by atoms with Gasteiger partial charge < -0.3 is 10.1 Å². The maximum Gasteiger partial charge on any atom is 0.253 e. The fraction of sp³-hybridized carbons (Fsp3) is 0.545. The Bertz CT molecular complexity index is 427. The first-order valence-corrected chi connectivity index (χ1v) is 7.75. The van der Waals surface area contributed by atoms with E-state index in [1.165, 1.54) is 11.3 Å². The Morgan fingerprint density at radius 1 is 1.59 bits per heavy atom. The van der Waals surface area contributed by atoms with Crippen molar-refractivity contribution in [1.29, 1.82) is 0 Å². The van der Waals surface area contributed by atoms with Gasteiger partial charge in [0, 0.05) is 6.61 Å². The SMILES string of the molecule is CC1(NC(=O)c2cc(Br)sc2Br)CCCOC1. The number of amides is 1. The van der Waals surface area contributed by atoms with E-state index in [0.717, 1.165) is 27.0 Å². The second-order valence-corrected chi connectivity index (χ2v) is 8.16. The minimum atomic E-state index is -0.247. The summed E-state index contributed by atoms with van der Waals surface area (Å²) in [6, 6.07) is 1.83. The van der Waals surface area contributed by atoms with Crippen molar-refractivity contribution < 1.29 is 9.53 Å². The van der Waals surface area contributed by atoms with Gasteiger partial charge in [0.15, 0.2) is 0 Å². The van der Waals surface area contributed by atoms with E-state index in [0.29, 0.717) is 12.2 Å². The zero-order valence-electron chi connectivity index (χ0n) is 9.39. The minimum absolute atomic E-state index is 0.0492. The number of carbonyl (C=O) groups is 1. The summed E-state index contributed by atoms with van der Waals surface area (Å²) in [5, 5.41) is 3.06. The highest BCUT2D eigenvalue weighted by molar-refractivity contribution is 9.12. The predicted molar refractivity (Wildman–Crippen MR) is 75.6 cm³/mol. The van der Waals surface area contributed by atoms with Gasteiger partial charge in [0.2, 0.25) is 0 Å². The van der Waals surface area contributed by atoms with Crippen LogP contribution in [0.1, 0.15) is 30.1 Å². The Morgan fingerprint density at radius 3 is 2.88 bits per heavy atom. The number of ether oxygens (including phenoxy) is 1. The van der Waals surface area contributed by atoms with Gasteiger partial charge in [0.1, 0.15) is 0 Å². The van der Waals surface area contributed by atoms with Gasteiger partial charge in [-0.25, -0.2) is 0 Å². The monoisotopic (exact) mass is 381 g/mol. The molecule has 1 N–H and O–H groups in total. The van der Waals surface area contributed by atoms with Crippen molar-refractivity contribution in [1.82, 2.24) is 5.32 Å². The Labute approximate surface area is 121 Å². The van der Waals surface area contributed by atoms with Crippen LogP contribution in [-0.2, 0) is 4.74 Å². The first kappa shape index (κ1) is 13.5. The van der Waals surface area contributed by atoms with Gasteiger partial charge in [-0.15, -0.1) is 11.3 Å². The van der Waals surface area contributed by atoms with Crippen LogP contribution in [0.2, 0.25) is 0 Å². The predicted octanol–water partition coefficient (Wildman–Crippen LogP) is 3.57. The molecule has 1 amide bonds. The van der Waals surface area contributed by atoms with E-state index in [9.17, 15) is 4.79 Å². The van der Waals surface area contributed by atoms with Gasteiger partial charge >= 0.3 is 0 Å². The van der Waals surface area contributed by atoms with Crippen LogP contribution in [0.5, 0.6) is 0 Å². The van der Waals surface area contributed by atoms with Crippen LogP contribution in [0.3, 0.4) is 0 Å². The number of rotatable bonds is 2. The van der Waals surface area contributed by atoms with E-state index < -0.39 is 0 Å². The van der Waals surface area contributed by atoms with E-state index in [1.807, 2.05) is 13.0 Å². The Balaban J connectivity index is 2.08. The summed E-state index contributed by atoms with van der Waals surface area (Å²) in [5.74, 6) is -0.0492. The molecule has 1 saturated heterocycles. The van der Waals surface area contributed by atoms with Crippen molar-refractivity contribution >= 4 is 49.1 Å². The van der Waals surface area contributed by atoms with Gasteiger partial charge in [-0.2, -0.15) is 0 Å². The fourth-order valence-electron chi connectivity index (χ4n) is 1.87. The van der Waals surface area contributed by atoms with Gasteiger partial charge in [-0.05, 0) is 57.7 Å². The zero-order valence-corrected chi connectivity index (χ0v) is 13.4. The summed E-state index contributed by atoms with van der Waals surface area (Å²) in [6.07, 6.45) is 1.95. The molecule has 1 aromatic rings. The lowest BCUT2D eigenvalue weighted by atomic mass is 9.94. The van der Waals surface area contributed by atoms with E-state index in [1.54, 1.807) is 0 Å². The average Bonchev–Trinajstić information content (AvgIpc) is 2.58. The summed E-state index contributed by atoms with van der Waals surface area (Å²) >= 11 is 8.27. The molecule has 0 aliphatic carbocycles. The topological polar surface area (TPSA) is 38.3 Å². The average molecular weight is 383 g/mol. The van der Waals surface area contributed by atoms with E-state index in [-0.39, 0.29) is 11.4 Å². The first-order chi connectivity index (χ1) is 8.00. The van der Waals surface area contributed by atoms with Crippen LogP contribution >= 0.6 is 43.2 Å². The number of hydrogen-bond acceptors (Lipinski definition) is 3. The second-order valence-electron chi connectivity index (χ2n) is 4.41. The second kappa shape index (κ2) is 5.38. The maximum absolute atomic E-state index is 12.1. The lowest BCUT2D eigenvalue weighted by Gasteiger charge is -2.34. The lowest BCUT2D eigenvalue weighted by molar-refractivity contribution is 0.0272. The highest BCUT2D eigenvalue weighted by atomic mass is 79.9. The third kappa shape index (κ3) is 3.30. The van der Waals surface area contributed by atoms with Crippen molar-refractivity contribution in [2.75, 3.05) is 13.2 Å². The van der Waals surface area contributed by atoms with E-state index in [4.69, 9.17) is 4.74 Å².